The van der Waals surface area contributed by atoms with Gasteiger partial charge in [0.2, 0.25) is 5.91 Å². The molecule has 0 spiro atoms. The van der Waals surface area contributed by atoms with E-state index in [1.807, 2.05) is 0 Å². The minimum Gasteiger partial charge on any atom is -0.343 e. The van der Waals surface area contributed by atoms with Crippen LogP contribution in [0.25, 0.3) is 0 Å². The fourth-order valence-corrected chi connectivity index (χ4v) is 3.66. The molecule has 1 aromatic carbocycles. The summed E-state index contributed by atoms with van der Waals surface area (Å²) >= 11 is 0. The molecule has 1 aromatic rings. The number of hydrogen-bond acceptors (Lipinski definition) is 3. The largest absolute Gasteiger partial charge is 0.417 e. The smallest absolute Gasteiger partial charge is 0.343 e. The summed E-state index contributed by atoms with van der Waals surface area (Å²) in [5.41, 5.74) is -1.47. The van der Waals surface area contributed by atoms with E-state index in [9.17, 15) is 22.8 Å². The summed E-state index contributed by atoms with van der Waals surface area (Å²) in [5.74, 6) is -1.13. The number of rotatable bonds is 3. The zero-order valence-electron chi connectivity index (χ0n) is 14.0. The Hall–Kier alpha value is -1.80. The van der Waals surface area contributed by atoms with Crippen molar-refractivity contribution in [3.05, 3.63) is 35.4 Å². The number of nitrogens with zero attached hydrogens (tertiary/aromatic N) is 1. The molecular weight excluding hydrogens is 371 g/mol. The van der Waals surface area contributed by atoms with E-state index in [4.69, 9.17) is 0 Å². The average molecular weight is 392 g/mol. The van der Waals surface area contributed by atoms with Crippen LogP contribution >= 0.6 is 12.4 Å². The third kappa shape index (κ3) is 4.29. The minimum absolute atomic E-state index is 0. The zero-order chi connectivity index (χ0) is 18.0. The van der Waals surface area contributed by atoms with Crippen molar-refractivity contribution in [2.75, 3.05) is 19.6 Å². The molecule has 0 aromatic heterocycles. The third-order valence-electron chi connectivity index (χ3n) is 4.82. The number of amides is 2. The van der Waals surface area contributed by atoms with Gasteiger partial charge in [0.15, 0.2) is 0 Å². The maximum Gasteiger partial charge on any atom is 0.417 e. The Kier molecular flexibility index (Phi) is 6.52. The van der Waals surface area contributed by atoms with Gasteiger partial charge < -0.3 is 15.5 Å². The molecular formula is C17H21ClF3N3O2. The van der Waals surface area contributed by atoms with E-state index in [0.717, 1.165) is 37.9 Å². The topological polar surface area (TPSA) is 61.4 Å². The van der Waals surface area contributed by atoms with Crippen LogP contribution in [0.5, 0.6) is 0 Å². The Bertz CT molecular complexity index is 655. The Morgan fingerprint density at radius 2 is 1.85 bits per heavy atom. The number of benzene rings is 1. The summed E-state index contributed by atoms with van der Waals surface area (Å²) in [6, 6.07) is 4.81. The molecule has 9 heteroatoms. The van der Waals surface area contributed by atoms with Gasteiger partial charge in [0, 0.05) is 18.6 Å². The number of hydrogen-bond donors (Lipinski definition) is 2. The predicted molar refractivity (Wildman–Crippen MR) is 92.2 cm³/mol. The Balaban J connectivity index is 0.00000243. The second kappa shape index (κ2) is 8.26. The normalized spacial score (nSPS) is 22.3. The molecule has 2 amide bonds. The van der Waals surface area contributed by atoms with Crippen molar-refractivity contribution in [2.45, 2.75) is 37.5 Å². The van der Waals surface area contributed by atoms with Crippen LogP contribution in [-0.4, -0.2) is 48.4 Å². The van der Waals surface area contributed by atoms with E-state index in [0.29, 0.717) is 6.54 Å². The molecule has 2 aliphatic heterocycles. The Morgan fingerprint density at radius 1 is 1.15 bits per heavy atom. The molecule has 2 atom stereocenters. The van der Waals surface area contributed by atoms with Gasteiger partial charge in [0.1, 0.15) is 0 Å². The maximum atomic E-state index is 13.0. The van der Waals surface area contributed by atoms with Crippen LogP contribution in [0.3, 0.4) is 0 Å². The highest BCUT2D eigenvalue weighted by molar-refractivity contribution is 5.98. The fraction of sp³-hybridized carbons (Fsp3) is 0.529. The first-order valence-electron chi connectivity index (χ1n) is 8.34. The van der Waals surface area contributed by atoms with Crippen molar-refractivity contribution in [2.24, 2.45) is 0 Å². The number of halogens is 4. The molecule has 2 N–H and O–H groups in total. The number of carbonyl (C=O) groups excluding carboxylic acids is 2. The van der Waals surface area contributed by atoms with Crippen molar-refractivity contribution in [3.63, 3.8) is 0 Å². The maximum absolute atomic E-state index is 13.0. The molecule has 2 heterocycles. The molecule has 0 saturated carbocycles. The average Bonchev–Trinajstić information content (AvgIpc) is 2.84. The van der Waals surface area contributed by atoms with E-state index in [-0.39, 0.29) is 36.9 Å². The first-order chi connectivity index (χ1) is 11.9. The van der Waals surface area contributed by atoms with Gasteiger partial charge in [-0.1, -0.05) is 12.1 Å². The van der Waals surface area contributed by atoms with Crippen molar-refractivity contribution >= 4 is 24.2 Å². The molecule has 144 valence electrons. The Labute approximate surface area is 155 Å². The first-order valence-corrected chi connectivity index (χ1v) is 8.34. The second-order valence-corrected chi connectivity index (χ2v) is 6.40. The van der Waals surface area contributed by atoms with Crippen LogP contribution in [0.1, 0.15) is 35.2 Å². The summed E-state index contributed by atoms with van der Waals surface area (Å²) < 4.78 is 39.0. The standard InChI is InChI=1S/C17H20F3N3O2.ClH/c18-17(19,20)14-4-2-1-3-13(14)16(25)22-10-15(24)23-11-5-6-12(23)9-21-8-7-11;/h1-4,11-12,21H,5-10H2,(H,22,25);1H. The molecule has 2 fully saturated rings. The van der Waals surface area contributed by atoms with Gasteiger partial charge in [-0.15, -0.1) is 12.4 Å². The van der Waals surface area contributed by atoms with Crippen LogP contribution in [0.15, 0.2) is 24.3 Å². The lowest BCUT2D eigenvalue weighted by Gasteiger charge is -2.28. The number of alkyl halides is 3. The van der Waals surface area contributed by atoms with E-state index in [1.165, 1.54) is 12.1 Å². The molecule has 2 unspecified atom stereocenters. The Morgan fingerprint density at radius 3 is 2.58 bits per heavy atom. The monoisotopic (exact) mass is 391 g/mol. The lowest BCUT2D eigenvalue weighted by molar-refractivity contribution is -0.137. The summed E-state index contributed by atoms with van der Waals surface area (Å²) in [7, 11) is 0. The van der Waals surface area contributed by atoms with Crippen molar-refractivity contribution in [1.82, 2.24) is 15.5 Å². The quantitative estimate of drug-likeness (QED) is 0.830. The lowest BCUT2D eigenvalue weighted by Crippen LogP contribution is -2.47. The highest BCUT2D eigenvalue weighted by atomic mass is 35.5. The molecule has 26 heavy (non-hydrogen) atoms. The molecule has 5 nitrogen and oxygen atoms in total. The number of nitrogens with one attached hydrogen (secondary N) is 2. The molecule has 2 saturated heterocycles. The van der Waals surface area contributed by atoms with Crippen LogP contribution in [-0.2, 0) is 11.0 Å². The zero-order valence-corrected chi connectivity index (χ0v) is 14.8. The fourth-order valence-electron chi connectivity index (χ4n) is 3.66. The number of carbonyl (C=O) groups is 2. The minimum atomic E-state index is -4.62. The molecule has 2 aliphatic rings. The second-order valence-electron chi connectivity index (χ2n) is 6.40. The number of fused-ring (bicyclic) bond motifs is 2. The van der Waals surface area contributed by atoms with Gasteiger partial charge >= 0.3 is 6.18 Å². The van der Waals surface area contributed by atoms with Crippen LogP contribution in [0, 0.1) is 0 Å². The van der Waals surface area contributed by atoms with Gasteiger partial charge in [-0.2, -0.15) is 13.2 Å². The van der Waals surface area contributed by atoms with Crippen molar-refractivity contribution < 1.29 is 22.8 Å². The lowest BCUT2D eigenvalue weighted by atomic mass is 10.1. The summed E-state index contributed by atoms with van der Waals surface area (Å²) in [6.45, 7) is 1.27. The van der Waals surface area contributed by atoms with Crippen molar-refractivity contribution in [1.29, 1.82) is 0 Å². The van der Waals surface area contributed by atoms with Gasteiger partial charge in [-0.25, -0.2) is 0 Å². The van der Waals surface area contributed by atoms with Crippen LogP contribution in [0.2, 0.25) is 0 Å². The molecule has 0 aliphatic carbocycles. The van der Waals surface area contributed by atoms with E-state index in [2.05, 4.69) is 10.6 Å². The molecule has 3 rings (SSSR count). The van der Waals surface area contributed by atoms with Gasteiger partial charge in [-0.05, 0) is 37.9 Å². The van der Waals surface area contributed by atoms with E-state index in [1.54, 1.807) is 4.90 Å². The molecule has 2 bridgehead atoms. The van der Waals surface area contributed by atoms with Gasteiger partial charge in [-0.3, -0.25) is 9.59 Å². The van der Waals surface area contributed by atoms with Crippen molar-refractivity contribution in [3.8, 4) is 0 Å². The third-order valence-corrected chi connectivity index (χ3v) is 4.82. The van der Waals surface area contributed by atoms with Crippen LogP contribution in [0.4, 0.5) is 13.2 Å². The summed E-state index contributed by atoms with van der Waals surface area (Å²) in [4.78, 5) is 26.4. The summed E-state index contributed by atoms with van der Waals surface area (Å²) in [6.07, 6.45) is -1.92. The SMILES string of the molecule is Cl.O=C(NCC(=O)N1C2CCNCC1CC2)c1ccccc1C(F)(F)F. The highest BCUT2D eigenvalue weighted by Crippen LogP contribution is 2.32. The highest BCUT2D eigenvalue weighted by Gasteiger charge is 2.38. The first kappa shape index (κ1) is 20.5. The summed E-state index contributed by atoms with van der Waals surface area (Å²) in [5, 5.41) is 5.62. The van der Waals surface area contributed by atoms with Gasteiger partial charge in [0.05, 0.1) is 17.7 Å². The van der Waals surface area contributed by atoms with E-state index < -0.39 is 23.2 Å². The van der Waals surface area contributed by atoms with E-state index >= 15 is 0 Å². The predicted octanol–water partition coefficient (Wildman–Crippen LogP) is 2.21. The molecule has 0 radical (unpaired) electrons. The van der Waals surface area contributed by atoms with Gasteiger partial charge in [0.25, 0.3) is 5.91 Å². The van der Waals surface area contributed by atoms with Crippen LogP contribution < -0.4 is 10.6 Å².